The molecule has 1 atom stereocenters. The Balaban J connectivity index is 1.93. The summed E-state index contributed by atoms with van der Waals surface area (Å²) in [5, 5.41) is 9.43. The molecule has 0 saturated heterocycles. The molecule has 0 fully saturated rings. The van der Waals surface area contributed by atoms with Crippen molar-refractivity contribution >= 4 is 34.9 Å². The average molecular weight is 411 g/mol. The number of anilines is 1. The van der Waals surface area contributed by atoms with E-state index >= 15 is 0 Å². The lowest BCUT2D eigenvalue weighted by molar-refractivity contribution is -0.113. The van der Waals surface area contributed by atoms with E-state index in [0.29, 0.717) is 33.4 Å². The van der Waals surface area contributed by atoms with Gasteiger partial charge in [0.15, 0.2) is 5.11 Å². The highest BCUT2D eigenvalue weighted by molar-refractivity contribution is 7.80. The van der Waals surface area contributed by atoms with E-state index in [2.05, 4.69) is 16.0 Å². The van der Waals surface area contributed by atoms with Crippen molar-refractivity contribution in [2.24, 2.45) is 0 Å². The summed E-state index contributed by atoms with van der Waals surface area (Å²) in [5.74, 6) is -0.159. The minimum Gasteiger partial charge on any atom is -0.495 e. The molecule has 7 nitrogen and oxygen atoms in total. The van der Waals surface area contributed by atoms with Crippen molar-refractivity contribution in [1.82, 2.24) is 10.6 Å². The van der Waals surface area contributed by atoms with Crippen LogP contribution in [-0.4, -0.2) is 31.2 Å². The summed E-state index contributed by atoms with van der Waals surface area (Å²) in [7, 11) is 2.87. The fourth-order valence-corrected chi connectivity index (χ4v) is 3.38. The molecule has 0 aliphatic carbocycles. The lowest BCUT2D eigenvalue weighted by Crippen LogP contribution is -2.45. The Hall–Kier alpha value is -3.39. The van der Waals surface area contributed by atoms with Crippen molar-refractivity contribution in [3.05, 3.63) is 70.9 Å². The molecule has 0 aromatic heterocycles. The van der Waals surface area contributed by atoms with Gasteiger partial charge in [0.1, 0.15) is 5.75 Å². The predicted octanol–water partition coefficient (Wildman–Crippen LogP) is 2.91. The molecule has 3 rings (SSSR count). The number of hydrogen-bond donors (Lipinski definition) is 3. The fourth-order valence-electron chi connectivity index (χ4n) is 3.11. The zero-order valence-electron chi connectivity index (χ0n) is 16.2. The standard InChI is InChI=1S/C21H21N3O4S/c1-12-17(19(25)23-15-6-4-5-7-16(15)27-2)18(24-21(29)22-12)13-8-10-14(11-9-13)20(26)28-3/h4-11,18H,1-3H3,(H,23,25)(H2,22,24,29)/t18-/m0/s1. The number of thiocarbonyl (C=S) groups is 1. The maximum absolute atomic E-state index is 13.1. The third-order valence-corrected chi connectivity index (χ3v) is 4.75. The number of allylic oxidation sites excluding steroid dienone is 1. The molecule has 0 radical (unpaired) electrons. The molecule has 0 bridgehead atoms. The average Bonchev–Trinajstić information content (AvgIpc) is 2.73. The molecule has 8 heteroatoms. The Labute approximate surface area is 174 Å². The predicted molar refractivity (Wildman–Crippen MR) is 114 cm³/mol. The van der Waals surface area contributed by atoms with Gasteiger partial charge in [0.25, 0.3) is 5.91 Å². The van der Waals surface area contributed by atoms with Gasteiger partial charge in [-0.05, 0) is 49.0 Å². The minimum absolute atomic E-state index is 0.295. The Bertz CT molecular complexity index is 986. The Morgan fingerprint density at radius 3 is 2.41 bits per heavy atom. The number of para-hydroxylation sites is 2. The summed E-state index contributed by atoms with van der Waals surface area (Å²) in [6.07, 6.45) is 0. The first-order chi connectivity index (χ1) is 13.9. The molecule has 150 valence electrons. The van der Waals surface area contributed by atoms with Gasteiger partial charge in [-0.2, -0.15) is 0 Å². The van der Waals surface area contributed by atoms with E-state index < -0.39 is 12.0 Å². The summed E-state index contributed by atoms with van der Waals surface area (Å²) in [6, 6.07) is 13.5. The molecule has 0 spiro atoms. The van der Waals surface area contributed by atoms with E-state index in [-0.39, 0.29) is 5.91 Å². The molecular formula is C21H21N3O4S. The van der Waals surface area contributed by atoms with Crippen LogP contribution in [0, 0.1) is 0 Å². The van der Waals surface area contributed by atoms with E-state index in [1.807, 2.05) is 12.1 Å². The van der Waals surface area contributed by atoms with Gasteiger partial charge in [0.2, 0.25) is 0 Å². The van der Waals surface area contributed by atoms with Crippen LogP contribution in [0.4, 0.5) is 5.69 Å². The zero-order valence-corrected chi connectivity index (χ0v) is 17.1. The third-order valence-electron chi connectivity index (χ3n) is 4.53. The maximum atomic E-state index is 13.1. The van der Waals surface area contributed by atoms with Crippen LogP contribution >= 0.6 is 12.2 Å². The second kappa shape index (κ2) is 8.74. The monoisotopic (exact) mass is 411 g/mol. The smallest absolute Gasteiger partial charge is 0.337 e. The van der Waals surface area contributed by atoms with Gasteiger partial charge >= 0.3 is 5.97 Å². The normalized spacial score (nSPS) is 15.8. The Morgan fingerprint density at radius 2 is 1.76 bits per heavy atom. The quantitative estimate of drug-likeness (QED) is 0.515. The van der Waals surface area contributed by atoms with Crippen LogP contribution in [0.3, 0.4) is 0 Å². The second-order valence-corrected chi connectivity index (χ2v) is 6.75. The Morgan fingerprint density at radius 1 is 1.07 bits per heavy atom. The molecule has 29 heavy (non-hydrogen) atoms. The van der Waals surface area contributed by atoms with Crippen LogP contribution in [-0.2, 0) is 9.53 Å². The van der Waals surface area contributed by atoms with Gasteiger partial charge in [0, 0.05) is 5.70 Å². The third kappa shape index (κ3) is 4.38. The zero-order chi connectivity index (χ0) is 21.0. The topological polar surface area (TPSA) is 88.7 Å². The summed E-state index contributed by atoms with van der Waals surface area (Å²) >= 11 is 5.27. The number of carbonyl (C=O) groups is 2. The van der Waals surface area contributed by atoms with Crippen molar-refractivity contribution in [3.63, 3.8) is 0 Å². The lowest BCUT2D eigenvalue weighted by Gasteiger charge is -2.30. The molecular weight excluding hydrogens is 390 g/mol. The highest BCUT2D eigenvalue weighted by atomic mass is 32.1. The molecule has 2 aromatic carbocycles. The van der Waals surface area contributed by atoms with E-state index in [1.165, 1.54) is 7.11 Å². The maximum Gasteiger partial charge on any atom is 0.337 e. The number of hydrogen-bond acceptors (Lipinski definition) is 5. The number of methoxy groups -OCH3 is 2. The van der Waals surface area contributed by atoms with Crippen molar-refractivity contribution < 1.29 is 19.1 Å². The van der Waals surface area contributed by atoms with Gasteiger partial charge in [-0.25, -0.2) is 4.79 Å². The molecule has 1 amide bonds. The van der Waals surface area contributed by atoms with E-state index in [4.69, 9.17) is 21.7 Å². The number of ether oxygens (including phenoxy) is 2. The van der Waals surface area contributed by atoms with Gasteiger partial charge in [-0.3, -0.25) is 4.79 Å². The van der Waals surface area contributed by atoms with Gasteiger partial charge in [0.05, 0.1) is 37.1 Å². The van der Waals surface area contributed by atoms with Crippen molar-refractivity contribution in [2.75, 3.05) is 19.5 Å². The van der Waals surface area contributed by atoms with Crippen molar-refractivity contribution in [2.45, 2.75) is 13.0 Å². The number of carbonyl (C=O) groups excluding carboxylic acids is 2. The number of amides is 1. The summed E-state index contributed by atoms with van der Waals surface area (Å²) in [4.78, 5) is 24.8. The number of benzene rings is 2. The number of nitrogens with one attached hydrogen (secondary N) is 3. The van der Waals surface area contributed by atoms with Gasteiger partial charge in [-0.1, -0.05) is 24.3 Å². The fraction of sp³-hybridized carbons (Fsp3) is 0.190. The van der Waals surface area contributed by atoms with Crippen LogP contribution < -0.4 is 20.7 Å². The van der Waals surface area contributed by atoms with Crippen molar-refractivity contribution in [3.8, 4) is 5.75 Å². The van der Waals surface area contributed by atoms with Gasteiger partial charge in [-0.15, -0.1) is 0 Å². The largest absolute Gasteiger partial charge is 0.495 e. The molecule has 1 aliphatic rings. The van der Waals surface area contributed by atoms with Gasteiger partial charge < -0.3 is 25.4 Å². The lowest BCUT2D eigenvalue weighted by atomic mass is 9.94. The van der Waals surface area contributed by atoms with E-state index in [0.717, 1.165) is 5.56 Å². The van der Waals surface area contributed by atoms with Crippen LogP contribution in [0.15, 0.2) is 59.8 Å². The van der Waals surface area contributed by atoms with E-state index in [9.17, 15) is 9.59 Å². The number of esters is 1. The van der Waals surface area contributed by atoms with Crippen molar-refractivity contribution in [1.29, 1.82) is 0 Å². The molecule has 1 aliphatic heterocycles. The number of rotatable bonds is 5. The molecule has 0 saturated carbocycles. The molecule has 0 unspecified atom stereocenters. The van der Waals surface area contributed by atoms with E-state index in [1.54, 1.807) is 50.4 Å². The highest BCUT2D eigenvalue weighted by Crippen LogP contribution is 2.30. The van der Waals surface area contributed by atoms with Crippen LogP contribution in [0.25, 0.3) is 0 Å². The second-order valence-electron chi connectivity index (χ2n) is 6.34. The summed E-state index contributed by atoms with van der Waals surface area (Å²) in [6.45, 7) is 1.79. The SMILES string of the molecule is COC(=O)c1ccc([C@@H]2NC(=S)NC(C)=C2C(=O)Nc2ccccc2OC)cc1. The molecule has 3 N–H and O–H groups in total. The summed E-state index contributed by atoms with van der Waals surface area (Å²) < 4.78 is 10.0. The summed E-state index contributed by atoms with van der Waals surface area (Å²) in [5.41, 5.74) is 2.89. The van der Waals surface area contributed by atoms with Crippen LogP contribution in [0.1, 0.15) is 28.9 Å². The molecule has 1 heterocycles. The first-order valence-electron chi connectivity index (χ1n) is 8.85. The van der Waals surface area contributed by atoms with Crippen LogP contribution in [0.2, 0.25) is 0 Å². The highest BCUT2D eigenvalue weighted by Gasteiger charge is 2.30. The van der Waals surface area contributed by atoms with Crippen LogP contribution in [0.5, 0.6) is 5.75 Å². The first-order valence-corrected chi connectivity index (χ1v) is 9.26. The first kappa shape index (κ1) is 20.3. The minimum atomic E-state index is -0.481. The Kier molecular flexibility index (Phi) is 6.13. The molecule has 2 aromatic rings.